The van der Waals surface area contributed by atoms with E-state index in [0.717, 1.165) is 32.3 Å². The summed E-state index contributed by atoms with van der Waals surface area (Å²) >= 11 is 0. The van der Waals surface area contributed by atoms with Crippen molar-refractivity contribution >= 4 is 5.69 Å². The van der Waals surface area contributed by atoms with Gasteiger partial charge in [0, 0.05) is 44.0 Å². The van der Waals surface area contributed by atoms with Crippen LogP contribution < -0.4 is 5.32 Å². The predicted octanol–water partition coefficient (Wildman–Crippen LogP) is 1.43. The molecule has 1 aromatic carbocycles. The molecule has 0 radical (unpaired) electrons. The zero-order chi connectivity index (χ0) is 14.1. The van der Waals surface area contributed by atoms with Crippen LogP contribution >= 0.6 is 0 Å². The van der Waals surface area contributed by atoms with Crippen LogP contribution in [0.4, 0.5) is 5.69 Å². The number of para-hydroxylation sites is 1. The van der Waals surface area contributed by atoms with Gasteiger partial charge in [-0.3, -0.25) is 9.80 Å². The number of likely N-dealkylation sites (tertiary alicyclic amines) is 1. The van der Waals surface area contributed by atoms with Crippen LogP contribution in [0.3, 0.4) is 0 Å². The molecule has 2 saturated heterocycles. The number of morpholine rings is 1. The molecule has 2 unspecified atom stereocenters. The lowest BCUT2D eigenvalue weighted by atomic mass is 10.1. The molecule has 0 saturated carbocycles. The van der Waals surface area contributed by atoms with E-state index >= 15 is 0 Å². The zero-order valence-corrected chi connectivity index (χ0v) is 12.6. The summed E-state index contributed by atoms with van der Waals surface area (Å²) in [4.78, 5) is 5.27. The third-order valence-electron chi connectivity index (χ3n) is 5.13. The lowest BCUT2D eigenvalue weighted by molar-refractivity contribution is 0.0184. The minimum atomic E-state index is 0.589. The second-order valence-corrected chi connectivity index (χ2v) is 6.55. The molecule has 4 rings (SSSR count). The number of rotatable bonds is 3. The Morgan fingerprint density at radius 1 is 1.14 bits per heavy atom. The highest BCUT2D eigenvalue weighted by atomic mass is 16.5. The zero-order valence-electron chi connectivity index (χ0n) is 12.6. The molecule has 3 aliphatic heterocycles. The molecular formula is C17H25N3O. The van der Waals surface area contributed by atoms with Gasteiger partial charge < -0.3 is 10.1 Å². The molecule has 0 spiro atoms. The number of ether oxygens (including phenoxy) is 1. The highest BCUT2D eigenvalue weighted by Gasteiger charge is 2.31. The first-order valence-electron chi connectivity index (χ1n) is 8.27. The van der Waals surface area contributed by atoms with Crippen LogP contribution in [0.15, 0.2) is 24.3 Å². The molecule has 0 amide bonds. The van der Waals surface area contributed by atoms with Crippen LogP contribution in [-0.2, 0) is 11.2 Å². The number of hydrogen-bond donors (Lipinski definition) is 1. The number of hydrogen-bond acceptors (Lipinski definition) is 4. The van der Waals surface area contributed by atoms with Crippen molar-refractivity contribution < 1.29 is 4.74 Å². The number of benzene rings is 1. The van der Waals surface area contributed by atoms with Crippen LogP contribution in [0, 0.1) is 0 Å². The van der Waals surface area contributed by atoms with Crippen LogP contribution in [0.2, 0.25) is 0 Å². The number of nitrogens with zero attached hydrogens (tertiary/aromatic N) is 2. The maximum Gasteiger partial charge on any atom is 0.0594 e. The van der Waals surface area contributed by atoms with E-state index in [1.54, 1.807) is 0 Å². The molecule has 114 valence electrons. The van der Waals surface area contributed by atoms with Gasteiger partial charge in [-0.1, -0.05) is 18.2 Å². The first-order chi connectivity index (χ1) is 10.4. The summed E-state index contributed by atoms with van der Waals surface area (Å²) in [7, 11) is 0. The Bertz CT molecular complexity index is 462. The number of anilines is 1. The quantitative estimate of drug-likeness (QED) is 0.910. The van der Waals surface area contributed by atoms with Gasteiger partial charge in [0.15, 0.2) is 0 Å². The summed E-state index contributed by atoms with van der Waals surface area (Å²) < 4.78 is 5.46. The second-order valence-electron chi connectivity index (χ2n) is 6.55. The molecular weight excluding hydrogens is 262 g/mol. The normalized spacial score (nSPS) is 30.3. The molecule has 0 aromatic heterocycles. The van der Waals surface area contributed by atoms with Crippen molar-refractivity contribution in [1.82, 2.24) is 9.80 Å². The Balaban J connectivity index is 1.29. The van der Waals surface area contributed by atoms with Crippen molar-refractivity contribution in [3.8, 4) is 0 Å². The molecule has 2 atom stereocenters. The van der Waals surface area contributed by atoms with Crippen LogP contribution in [-0.4, -0.2) is 67.8 Å². The Morgan fingerprint density at radius 3 is 2.86 bits per heavy atom. The lowest BCUT2D eigenvalue weighted by Gasteiger charge is -2.32. The van der Waals surface area contributed by atoms with E-state index in [1.165, 1.54) is 43.7 Å². The molecule has 3 aliphatic rings. The Kier molecular flexibility index (Phi) is 3.84. The van der Waals surface area contributed by atoms with E-state index in [-0.39, 0.29) is 0 Å². The standard InChI is InChI=1S/C17H25N3O/c1-2-4-17-14(3-1)11-15(18-17)12-19-6-5-16(13-19)20-7-9-21-10-8-20/h1-4,15-16,18H,5-13H2. The Morgan fingerprint density at radius 2 is 2.00 bits per heavy atom. The predicted molar refractivity (Wildman–Crippen MR) is 84.8 cm³/mol. The highest BCUT2D eigenvalue weighted by molar-refractivity contribution is 5.56. The van der Waals surface area contributed by atoms with Crippen molar-refractivity contribution in [2.24, 2.45) is 0 Å². The van der Waals surface area contributed by atoms with E-state index in [1.807, 2.05) is 0 Å². The lowest BCUT2D eigenvalue weighted by Crippen LogP contribution is -2.45. The molecule has 0 aliphatic carbocycles. The van der Waals surface area contributed by atoms with E-state index in [9.17, 15) is 0 Å². The van der Waals surface area contributed by atoms with Gasteiger partial charge in [-0.15, -0.1) is 0 Å². The monoisotopic (exact) mass is 287 g/mol. The smallest absolute Gasteiger partial charge is 0.0594 e. The van der Waals surface area contributed by atoms with E-state index in [0.29, 0.717) is 6.04 Å². The molecule has 1 N–H and O–H groups in total. The summed E-state index contributed by atoms with van der Waals surface area (Å²) in [5.41, 5.74) is 2.82. The van der Waals surface area contributed by atoms with Crippen LogP contribution in [0.25, 0.3) is 0 Å². The van der Waals surface area contributed by atoms with Crippen molar-refractivity contribution in [3.63, 3.8) is 0 Å². The van der Waals surface area contributed by atoms with Gasteiger partial charge in [0.05, 0.1) is 13.2 Å². The molecule has 1 aromatic rings. The van der Waals surface area contributed by atoms with Gasteiger partial charge in [-0.05, 0) is 31.0 Å². The van der Waals surface area contributed by atoms with E-state index in [4.69, 9.17) is 4.74 Å². The molecule has 0 bridgehead atoms. The largest absolute Gasteiger partial charge is 0.380 e. The summed E-state index contributed by atoms with van der Waals surface area (Å²) in [6.07, 6.45) is 2.49. The fraction of sp³-hybridized carbons (Fsp3) is 0.647. The van der Waals surface area contributed by atoms with E-state index < -0.39 is 0 Å². The number of fused-ring (bicyclic) bond motifs is 1. The third-order valence-corrected chi connectivity index (χ3v) is 5.13. The highest BCUT2D eigenvalue weighted by Crippen LogP contribution is 2.26. The Hall–Kier alpha value is -1.10. The Labute approximate surface area is 127 Å². The van der Waals surface area contributed by atoms with Crippen molar-refractivity contribution in [2.75, 3.05) is 51.3 Å². The molecule has 21 heavy (non-hydrogen) atoms. The minimum absolute atomic E-state index is 0.589. The second kappa shape index (κ2) is 5.95. The van der Waals surface area contributed by atoms with Gasteiger partial charge in [-0.25, -0.2) is 0 Å². The minimum Gasteiger partial charge on any atom is -0.380 e. The van der Waals surface area contributed by atoms with Gasteiger partial charge in [0.2, 0.25) is 0 Å². The summed E-state index contributed by atoms with van der Waals surface area (Å²) in [5.74, 6) is 0. The average molecular weight is 287 g/mol. The number of nitrogens with one attached hydrogen (secondary N) is 1. The maximum absolute atomic E-state index is 5.46. The third kappa shape index (κ3) is 2.93. The van der Waals surface area contributed by atoms with Gasteiger partial charge in [0.1, 0.15) is 0 Å². The van der Waals surface area contributed by atoms with Crippen LogP contribution in [0.1, 0.15) is 12.0 Å². The molecule has 4 nitrogen and oxygen atoms in total. The van der Waals surface area contributed by atoms with Gasteiger partial charge >= 0.3 is 0 Å². The first-order valence-corrected chi connectivity index (χ1v) is 8.27. The SMILES string of the molecule is c1ccc2c(c1)CC(CN1CCC(N3CCOCC3)C1)N2. The summed E-state index contributed by atoms with van der Waals surface area (Å²) in [6, 6.07) is 10.1. The van der Waals surface area contributed by atoms with Crippen molar-refractivity contribution in [3.05, 3.63) is 29.8 Å². The fourth-order valence-electron chi connectivity index (χ4n) is 4.02. The van der Waals surface area contributed by atoms with E-state index in [2.05, 4.69) is 39.4 Å². The maximum atomic E-state index is 5.46. The van der Waals surface area contributed by atoms with Gasteiger partial charge in [0.25, 0.3) is 0 Å². The average Bonchev–Trinajstić information content (AvgIpc) is 3.14. The van der Waals surface area contributed by atoms with Crippen LogP contribution in [0.5, 0.6) is 0 Å². The summed E-state index contributed by atoms with van der Waals surface area (Å²) in [6.45, 7) is 7.71. The topological polar surface area (TPSA) is 27.7 Å². The summed E-state index contributed by atoms with van der Waals surface area (Å²) in [5, 5.41) is 3.68. The first kappa shape index (κ1) is 13.6. The molecule has 4 heteroatoms. The molecule has 3 heterocycles. The fourth-order valence-corrected chi connectivity index (χ4v) is 4.02. The van der Waals surface area contributed by atoms with Gasteiger partial charge in [-0.2, -0.15) is 0 Å². The van der Waals surface area contributed by atoms with Crippen molar-refractivity contribution in [1.29, 1.82) is 0 Å². The molecule has 2 fully saturated rings. The van der Waals surface area contributed by atoms with Crippen molar-refractivity contribution in [2.45, 2.75) is 24.9 Å².